The molecule has 1 fully saturated rings. The van der Waals surface area contributed by atoms with Crippen molar-refractivity contribution in [2.75, 3.05) is 25.0 Å². The van der Waals surface area contributed by atoms with E-state index in [0.29, 0.717) is 36.2 Å². The summed E-state index contributed by atoms with van der Waals surface area (Å²) >= 11 is 0. The molecule has 2 heterocycles. The van der Waals surface area contributed by atoms with Crippen LogP contribution in [0.1, 0.15) is 49.9 Å². The third kappa shape index (κ3) is 4.64. The van der Waals surface area contributed by atoms with Gasteiger partial charge < -0.3 is 9.73 Å². The Morgan fingerprint density at radius 2 is 2.04 bits per heavy atom. The largest absolute Gasteiger partial charge is 0.424 e. The maximum absolute atomic E-state index is 14.4. The van der Waals surface area contributed by atoms with Crippen LogP contribution in [-0.4, -0.2) is 29.5 Å². The summed E-state index contributed by atoms with van der Waals surface area (Å²) in [5.41, 5.74) is 0.636. The van der Waals surface area contributed by atoms with E-state index in [2.05, 4.69) is 15.2 Å². The van der Waals surface area contributed by atoms with Crippen LogP contribution in [0.2, 0.25) is 0 Å². The molecular weight excluding hydrogens is 350 g/mol. The minimum absolute atomic E-state index is 0.199. The van der Waals surface area contributed by atoms with Crippen molar-refractivity contribution in [2.45, 2.75) is 39.2 Å². The topological polar surface area (TPSA) is 65.1 Å². The Morgan fingerprint density at radius 3 is 2.67 bits per heavy atom. The van der Waals surface area contributed by atoms with E-state index in [0.717, 1.165) is 32.0 Å². The quantitative estimate of drug-likeness (QED) is 0.784. The molecule has 1 atom stereocenters. The highest BCUT2D eigenvalue weighted by Gasteiger charge is 2.27. The van der Waals surface area contributed by atoms with Gasteiger partial charge in [-0.1, -0.05) is 19.9 Å². The molecule has 3 rings (SSSR count). The molecular formula is C20H24F2N4O. The van der Waals surface area contributed by atoms with Crippen molar-refractivity contribution in [3.05, 3.63) is 47.0 Å². The minimum atomic E-state index is -0.593. The van der Waals surface area contributed by atoms with E-state index >= 15 is 0 Å². The fourth-order valence-electron chi connectivity index (χ4n) is 3.45. The van der Waals surface area contributed by atoms with E-state index in [9.17, 15) is 14.0 Å². The van der Waals surface area contributed by atoms with Crippen LogP contribution in [0.3, 0.4) is 0 Å². The third-order valence-electron chi connectivity index (χ3n) is 4.72. The lowest BCUT2D eigenvalue weighted by Crippen LogP contribution is -2.31. The molecule has 0 amide bonds. The minimum Gasteiger partial charge on any atom is -0.424 e. The molecule has 0 bridgehead atoms. The van der Waals surface area contributed by atoms with E-state index in [1.165, 1.54) is 12.1 Å². The summed E-state index contributed by atoms with van der Waals surface area (Å²) in [6.07, 6.45) is 2.73. The zero-order valence-electron chi connectivity index (χ0n) is 15.6. The van der Waals surface area contributed by atoms with E-state index in [4.69, 9.17) is 4.42 Å². The number of nitriles is 1. The maximum Gasteiger partial charge on any atom is 0.232 e. The number of anilines is 1. The summed E-state index contributed by atoms with van der Waals surface area (Å²) in [6, 6.07) is 5.43. The summed E-state index contributed by atoms with van der Waals surface area (Å²) in [4.78, 5) is 6.39. The Labute approximate surface area is 158 Å². The highest BCUT2D eigenvalue weighted by molar-refractivity contribution is 5.45. The summed E-state index contributed by atoms with van der Waals surface area (Å²) < 4.78 is 33.4. The first kappa shape index (κ1) is 19.3. The zero-order chi connectivity index (χ0) is 19.4. The van der Waals surface area contributed by atoms with Crippen molar-refractivity contribution in [1.29, 1.82) is 5.26 Å². The van der Waals surface area contributed by atoms with Gasteiger partial charge in [0.2, 0.25) is 11.6 Å². The predicted molar refractivity (Wildman–Crippen MR) is 98.2 cm³/mol. The van der Waals surface area contributed by atoms with Gasteiger partial charge in [-0.2, -0.15) is 5.26 Å². The monoisotopic (exact) mass is 374 g/mol. The molecule has 27 heavy (non-hydrogen) atoms. The number of nitrogens with zero attached hydrogens (tertiary/aromatic N) is 3. The Kier molecular flexibility index (Phi) is 6.07. The number of nitrogens with one attached hydrogen (secondary N) is 1. The second-order valence-electron chi connectivity index (χ2n) is 7.30. The number of halogens is 2. The second kappa shape index (κ2) is 8.49. The van der Waals surface area contributed by atoms with Crippen molar-refractivity contribution >= 4 is 5.88 Å². The molecule has 0 spiro atoms. The molecule has 1 aromatic heterocycles. The van der Waals surface area contributed by atoms with Gasteiger partial charge in [0, 0.05) is 24.6 Å². The molecule has 1 saturated heterocycles. The fraction of sp³-hybridized carbons (Fsp3) is 0.500. The molecule has 0 saturated carbocycles. The maximum atomic E-state index is 14.4. The molecule has 2 aromatic rings. The lowest BCUT2D eigenvalue weighted by Gasteiger charge is -2.28. The fourth-order valence-corrected chi connectivity index (χ4v) is 3.45. The number of hydrogen-bond donors (Lipinski definition) is 1. The number of rotatable bonds is 7. The van der Waals surface area contributed by atoms with Crippen LogP contribution in [0.5, 0.6) is 0 Å². The average Bonchev–Trinajstić information content (AvgIpc) is 3.26. The van der Waals surface area contributed by atoms with Gasteiger partial charge in [0.15, 0.2) is 5.89 Å². The van der Waals surface area contributed by atoms with Crippen LogP contribution in [0, 0.1) is 28.9 Å². The highest BCUT2D eigenvalue weighted by Crippen LogP contribution is 2.29. The number of hydrogen-bond acceptors (Lipinski definition) is 5. The van der Waals surface area contributed by atoms with Crippen molar-refractivity contribution in [1.82, 2.24) is 9.88 Å². The first-order valence-corrected chi connectivity index (χ1v) is 9.30. The van der Waals surface area contributed by atoms with Crippen molar-refractivity contribution in [3.8, 4) is 6.07 Å². The molecule has 0 unspecified atom stereocenters. The molecule has 0 radical (unpaired) electrons. The molecule has 5 nitrogen and oxygen atoms in total. The van der Waals surface area contributed by atoms with E-state index in [1.807, 2.05) is 19.9 Å². The smallest absolute Gasteiger partial charge is 0.232 e. The summed E-state index contributed by atoms with van der Waals surface area (Å²) in [6.45, 7) is 6.13. The Bertz CT molecular complexity index is 822. The van der Waals surface area contributed by atoms with Crippen molar-refractivity contribution in [3.63, 3.8) is 0 Å². The second-order valence-corrected chi connectivity index (χ2v) is 7.30. The first-order valence-electron chi connectivity index (χ1n) is 9.30. The standard InChI is InChI=1S/C20H24F2N4O/c1-13(2)9-19-25-17(11-23)20(27-19)24-12-18(26-7-3-4-8-26)15-6-5-14(21)10-16(15)22/h5-6,10,13,18,24H,3-4,7-9,12H2,1-2H3/t18-/m1/s1. The third-order valence-corrected chi connectivity index (χ3v) is 4.72. The van der Waals surface area contributed by atoms with Gasteiger partial charge in [-0.3, -0.25) is 4.90 Å². The molecule has 144 valence electrons. The SMILES string of the molecule is CC(C)Cc1nc(C#N)c(NC[C@H](c2ccc(F)cc2F)N2CCCC2)o1. The van der Waals surface area contributed by atoms with Gasteiger partial charge in [-0.05, 0) is 37.9 Å². The Morgan fingerprint density at radius 1 is 1.30 bits per heavy atom. The van der Waals surface area contributed by atoms with E-state index < -0.39 is 11.6 Å². The van der Waals surface area contributed by atoms with E-state index in [1.54, 1.807) is 0 Å². The van der Waals surface area contributed by atoms with Gasteiger partial charge >= 0.3 is 0 Å². The molecule has 7 heteroatoms. The number of likely N-dealkylation sites (tertiary alicyclic amines) is 1. The summed E-state index contributed by atoms with van der Waals surface area (Å²) in [5.74, 6) is 0.0142. The van der Waals surface area contributed by atoms with Gasteiger partial charge in [-0.25, -0.2) is 13.8 Å². The molecule has 0 aliphatic carbocycles. The van der Waals surface area contributed by atoms with Crippen LogP contribution in [0.25, 0.3) is 0 Å². The van der Waals surface area contributed by atoms with Crippen LogP contribution < -0.4 is 5.32 Å². The Balaban J connectivity index is 1.81. The van der Waals surface area contributed by atoms with Crippen LogP contribution >= 0.6 is 0 Å². The van der Waals surface area contributed by atoms with Crippen molar-refractivity contribution in [2.24, 2.45) is 5.92 Å². The molecule has 1 aliphatic rings. The highest BCUT2D eigenvalue weighted by atomic mass is 19.1. The van der Waals surface area contributed by atoms with Gasteiger partial charge in [-0.15, -0.1) is 0 Å². The molecule has 1 aliphatic heterocycles. The van der Waals surface area contributed by atoms with Crippen molar-refractivity contribution < 1.29 is 13.2 Å². The first-order chi connectivity index (χ1) is 13.0. The van der Waals surface area contributed by atoms with Crippen LogP contribution in [0.15, 0.2) is 22.6 Å². The summed E-state index contributed by atoms with van der Waals surface area (Å²) in [5, 5.41) is 12.4. The van der Waals surface area contributed by atoms with Crippen LogP contribution in [0.4, 0.5) is 14.7 Å². The lowest BCUT2D eigenvalue weighted by atomic mass is 10.0. The normalized spacial score (nSPS) is 15.9. The zero-order valence-corrected chi connectivity index (χ0v) is 15.6. The summed E-state index contributed by atoms with van der Waals surface area (Å²) in [7, 11) is 0. The molecule has 1 aromatic carbocycles. The number of benzene rings is 1. The number of oxazole rings is 1. The Hall–Kier alpha value is -2.46. The van der Waals surface area contributed by atoms with Crippen LogP contribution in [-0.2, 0) is 6.42 Å². The van der Waals surface area contributed by atoms with E-state index in [-0.39, 0.29) is 11.7 Å². The molecule has 1 N–H and O–H groups in total. The lowest BCUT2D eigenvalue weighted by molar-refractivity contribution is 0.249. The van der Waals surface area contributed by atoms with Gasteiger partial charge in [0.25, 0.3) is 0 Å². The predicted octanol–water partition coefficient (Wildman–Crippen LogP) is 4.27. The van der Waals surface area contributed by atoms with Gasteiger partial charge in [0.05, 0.1) is 6.04 Å². The average molecular weight is 374 g/mol. The van der Waals surface area contributed by atoms with Gasteiger partial charge in [0.1, 0.15) is 17.7 Å². The number of aromatic nitrogens is 1.